The van der Waals surface area contributed by atoms with Gasteiger partial charge in [-0.15, -0.1) is 5.10 Å². The van der Waals surface area contributed by atoms with Gasteiger partial charge in [-0.1, -0.05) is 0 Å². The fraction of sp³-hybridized carbons (Fsp3) is 0.692. The second kappa shape index (κ2) is 9.06. The number of carbonyl (C=O) groups excluding carboxylic acids is 2. The van der Waals surface area contributed by atoms with E-state index in [1.165, 1.54) is 11.0 Å². The topological polar surface area (TPSA) is 111 Å². The molecule has 1 aromatic heterocycles. The first kappa shape index (κ1) is 17.2. The van der Waals surface area contributed by atoms with Crippen LogP contribution < -0.4 is 10.6 Å². The quantitative estimate of drug-likeness (QED) is 0.681. The first-order valence-electron chi connectivity index (χ1n) is 7.58. The van der Waals surface area contributed by atoms with Crippen molar-refractivity contribution in [2.24, 2.45) is 0 Å². The first-order chi connectivity index (χ1) is 11.2. The summed E-state index contributed by atoms with van der Waals surface area (Å²) >= 11 is 0. The number of hydrogen-bond donors (Lipinski definition) is 2. The molecule has 2 amide bonds. The van der Waals surface area contributed by atoms with Crippen molar-refractivity contribution in [1.29, 1.82) is 0 Å². The molecule has 1 aromatic rings. The number of nitrogens with one attached hydrogen (secondary N) is 2. The zero-order chi connectivity index (χ0) is 16.5. The Morgan fingerprint density at radius 3 is 2.91 bits per heavy atom. The highest BCUT2D eigenvalue weighted by atomic mass is 16.5. The number of carbonyl (C=O) groups is 2. The molecule has 2 rings (SSSR count). The van der Waals surface area contributed by atoms with Crippen molar-refractivity contribution in [2.75, 3.05) is 51.3 Å². The summed E-state index contributed by atoms with van der Waals surface area (Å²) in [4.78, 5) is 26.5. The minimum atomic E-state index is -0.602. The Morgan fingerprint density at radius 2 is 2.17 bits per heavy atom. The van der Waals surface area contributed by atoms with Crippen LogP contribution in [-0.2, 0) is 20.8 Å². The molecular formula is C13H22N6O4. The van der Waals surface area contributed by atoms with E-state index >= 15 is 0 Å². The van der Waals surface area contributed by atoms with Gasteiger partial charge in [0.1, 0.15) is 6.54 Å². The average molecular weight is 326 g/mol. The molecule has 0 radical (unpaired) electrons. The van der Waals surface area contributed by atoms with Crippen LogP contribution in [0.4, 0.5) is 10.6 Å². The maximum absolute atomic E-state index is 11.8. The minimum Gasteiger partial charge on any atom is -0.450 e. The van der Waals surface area contributed by atoms with Gasteiger partial charge in [0.15, 0.2) is 5.82 Å². The van der Waals surface area contributed by atoms with Crippen molar-refractivity contribution in [2.45, 2.75) is 13.5 Å². The van der Waals surface area contributed by atoms with Gasteiger partial charge in [-0.2, -0.15) is 9.90 Å². The molecule has 0 bridgehead atoms. The lowest BCUT2D eigenvalue weighted by Crippen LogP contribution is -2.41. The van der Waals surface area contributed by atoms with E-state index in [0.29, 0.717) is 6.54 Å². The van der Waals surface area contributed by atoms with Gasteiger partial charge in [-0.25, -0.2) is 4.79 Å². The van der Waals surface area contributed by atoms with E-state index in [1.807, 2.05) is 0 Å². The number of rotatable bonds is 7. The van der Waals surface area contributed by atoms with Gasteiger partial charge in [0.2, 0.25) is 5.91 Å². The maximum atomic E-state index is 11.8. The highest BCUT2D eigenvalue weighted by Gasteiger charge is 2.11. The summed E-state index contributed by atoms with van der Waals surface area (Å²) < 4.78 is 9.99. The fourth-order valence-corrected chi connectivity index (χ4v) is 2.07. The monoisotopic (exact) mass is 326 g/mol. The largest absolute Gasteiger partial charge is 0.450 e. The predicted octanol–water partition coefficient (Wildman–Crippen LogP) is -0.705. The average Bonchev–Trinajstić information content (AvgIpc) is 2.95. The summed E-state index contributed by atoms with van der Waals surface area (Å²) in [6, 6.07) is 0. The molecule has 1 aliphatic heterocycles. The molecule has 1 fully saturated rings. The van der Waals surface area contributed by atoms with Crippen molar-refractivity contribution < 1.29 is 19.1 Å². The number of ether oxygens (including phenoxy) is 2. The molecule has 0 atom stereocenters. The van der Waals surface area contributed by atoms with Crippen molar-refractivity contribution >= 4 is 17.8 Å². The molecule has 0 aliphatic carbocycles. The SMILES string of the molecule is CCOC(=O)Nc1cnn(CC(=O)NCCN2CCOCC2)n1. The molecule has 0 spiro atoms. The van der Waals surface area contributed by atoms with Crippen LogP contribution in [0.5, 0.6) is 0 Å². The van der Waals surface area contributed by atoms with E-state index in [2.05, 4.69) is 25.7 Å². The number of morpholine rings is 1. The molecule has 0 unspecified atom stereocenters. The van der Waals surface area contributed by atoms with Crippen LogP contribution in [0, 0.1) is 0 Å². The lowest BCUT2D eigenvalue weighted by Gasteiger charge is -2.26. The molecule has 10 heteroatoms. The second-order valence-electron chi connectivity index (χ2n) is 4.91. The normalized spacial score (nSPS) is 15.2. The number of hydrogen-bond acceptors (Lipinski definition) is 7. The van der Waals surface area contributed by atoms with E-state index in [0.717, 1.165) is 32.8 Å². The van der Waals surface area contributed by atoms with E-state index in [9.17, 15) is 9.59 Å². The zero-order valence-corrected chi connectivity index (χ0v) is 13.2. The van der Waals surface area contributed by atoms with Crippen LogP contribution in [0.1, 0.15) is 6.92 Å². The van der Waals surface area contributed by atoms with Gasteiger partial charge in [0, 0.05) is 26.2 Å². The van der Waals surface area contributed by atoms with Crippen LogP contribution in [0.2, 0.25) is 0 Å². The van der Waals surface area contributed by atoms with Gasteiger partial charge in [-0.05, 0) is 6.92 Å². The number of nitrogens with zero attached hydrogens (tertiary/aromatic N) is 4. The maximum Gasteiger partial charge on any atom is 0.412 e. The van der Waals surface area contributed by atoms with Gasteiger partial charge in [0.25, 0.3) is 0 Å². The Kier molecular flexibility index (Phi) is 6.76. The Morgan fingerprint density at radius 1 is 1.39 bits per heavy atom. The van der Waals surface area contributed by atoms with E-state index in [-0.39, 0.29) is 24.9 Å². The third-order valence-electron chi connectivity index (χ3n) is 3.18. The fourth-order valence-electron chi connectivity index (χ4n) is 2.07. The van der Waals surface area contributed by atoms with Gasteiger partial charge in [-0.3, -0.25) is 15.0 Å². The van der Waals surface area contributed by atoms with Crippen molar-refractivity contribution in [3.05, 3.63) is 6.20 Å². The highest BCUT2D eigenvalue weighted by molar-refractivity contribution is 5.83. The van der Waals surface area contributed by atoms with E-state index < -0.39 is 6.09 Å². The van der Waals surface area contributed by atoms with Crippen LogP contribution >= 0.6 is 0 Å². The van der Waals surface area contributed by atoms with Crippen LogP contribution in [-0.4, -0.2) is 77.9 Å². The Hall–Kier alpha value is -2.20. The predicted molar refractivity (Wildman–Crippen MR) is 80.9 cm³/mol. The summed E-state index contributed by atoms with van der Waals surface area (Å²) in [6.07, 6.45) is 0.757. The zero-order valence-electron chi connectivity index (χ0n) is 13.2. The molecule has 0 aromatic carbocycles. The molecule has 2 heterocycles. The molecule has 128 valence electrons. The van der Waals surface area contributed by atoms with Gasteiger partial charge in [0.05, 0.1) is 26.0 Å². The first-order valence-corrected chi connectivity index (χ1v) is 7.58. The van der Waals surface area contributed by atoms with Crippen molar-refractivity contribution in [1.82, 2.24) is 25.2 Å². The van der Waals surface area contributed by atoms with Gasteiger partial charge >= 0.3 is 6.09 Å². The van der Waals surface area contributed by atoms with Crippen molar-refractivity contribution in [3.8, 4) is 0 Å². The second-order valence-corrected chi connectivity index (χ2v) is 4.91. The molecule has 2 N–H and O–H groups in total. The van der Waals surface area contributed by atoms with Gasteiger partial charge < -0.3 is 14.8 Å². The van der Waals surface area contributed by atoms with Crippen LogP contribution in [0.15, 0.2) is 6.20 Å². The van der Waals surface area contributed by atoms with Crippen molar-refractivity contribution in [3.63, 3.8) is 0 Å². The Labute approximate surface area is 134 Å². The third-order valence-corrected chi connectivity index (χ3v) is 3.18. The molecule has 10 nitrogen and oxygen atoms in total. The lowest BCUT2D eigenvalue weighted by atomic mass is 10.4. The molecule has 0 saturated carbocycles. The Balaban J connectivity index is 1.66. The Bertz CT molecular complexity index is 514. The molecule has 1 aliphatic rings. The van der Waals surface area contributed by atoms with E-state index in [4.69, 9.17) is 9.47 Å². The number of amides is 2. The third kappa shape index (κ3) is 6.20. The summed E-state index contributed by atoms with van der Waals surface area (Å²) in [7, 11) is 0. The molecule has 23 heavy (non-hydrogen) atoms. The standard InChI is InChI=1S/C13H22N6O4/c1-2-23-13(21)16-11-9-15-19(17-11)10-12(20)14-3-4-18-5-7-22-8-6-18/h9H,2-8,10H2,1H3,(H,14,20)(H,16,17,21). The minimum absolute atomic E-state index is 0.00633. The summed E-state index contributed by atoms with van der Waals surface area (Å²) in [5.74, 6) is 0.0566. The smallest absolute Gasteiger partial charge is 0.412 e. The van der Waals surface area contributed by atoms with Crippen LogP contribution in [0.25, 0.3) is 0 Å². The molecular weight excluding hydrogens is 304 g/mol. The van der Waals surface area contributed by atoms with E-state index in [1.54, 1.807) is 6.92 Å². The summed E-state index contributed by atoms with van der Waals surface area (Å²) in [6.45, 7) is 6.57. The summed E-state index contributed by atoms with van der Waals surface area (Å²) in [5.41, 5.74) is 0. The molecule has 1 saturated heterocycles. The summed E-state index contributed by atoms with van der Waals surface area (Å²) in [5, 5.41) is 13.1. The number of anilines is 1. The highest BCUT2D eigenvalue weighted by Crippen LogP contribution is 2.00. The number of aromatic nitrogens is 3. The lowest BCUT2D eigenvalue weighted by molar-refractivity contribution is -0.122. The van der Waals surface area contributed by atoms with Crippen LogP contribution in [0.3, 0.4) is 0 Å².